The molecule has 0 saturated heterocycles. The summed E-state index contributed by atoms with van der Waals surface area (Å²) in [6.07, 6.45) is 0. The topological polar surface area (TPSA) is 34.9 Å². The molecule has 106 valence electrons. The van der Waals surface area contributed by atoms with Crippen molar-refractivity contribution in [3.05, 3.63) is 74.6 Å². The second-order valence-electron chi connectivity index (χ2n) is 4.67. The molecule has 0 bridgehead atoms. The Bertz CT molecular complexity index is 824. The van der Waals surface area contributed by atoms with E-state index in [9.17, 15) is 4.79 Å². The van der Waals surface area contributed by atoms with E-state index in [4.69, 9.17) is 11.6 Å². The molecule has 0 aliphatic carbocycles. The van der Waals surface area contributed by atoms with Crippen molar-refractivity contribution in [2.45, 2.75) is 13.5 Å². The number of benzene rings is 1. The van der Waals surface area contributed by atoms with Crippen molar-refractivity contribution in [2.75, 3.05) is 0 Å². The average Bonchev–Trinajstić information content (AvgIpc) is 2.85. The van der Waals surface area contributed by atoms with Crippen LogP contribution in [0.1, 0.15) is 10.6 Å². The summed E-state index contributed by atoms with van der Waals surface area (Å²) < 4.78 is 1.55. The maximum Gasteiger partial charge on any atom is 0.251 e. The summed E-state index contributed by atoms with van der Waals surface area (Å²) in [6, 6.07) is 14.9. The van der Waals surface area contributed by atoms with Crippen molar-refractivity contribution < 1.29 is 0 Å². The molecule has 0 atom stereocenters. The van der Waals surface area contributed by atoms with Crippen LogP contribution in [0.4, 0.5) is 0 Å². The van der Waals surface area contributed by atoms with E-state index in [1.807, 2.05) is 37.3 Å². The normalized spacial score (nSPS) is 10.8. The smallest absolute Gasteiger partial charge is 0.251 e. The zero-order chi connectivity index (χ0) is 14.8. The first-order valence-corrected chi connectivity index (χ1v) is 7.71. The van der Waals surface area contributed by atoms with Crippen LogP contribution >= 0.6 is 22.9 Å². The number of pyridine rings is 1. The first-order valence-electron chi connectivity index (χ1n) is 6.52. The van der Waals surface area contributed by atoms with Crippen LogP contribution in [0.3, 0.4) is 0 Å². The molecule has 21 heavy (non-hydrogen) atoms. The first-order chi connectivity index (χ1) is 10.1. The van der Waals surface area contributed by atoms with Gasteiger partial charge in [0.05, 0.1) is 12.2 Å². The highest BCUT2D eigenvalue weighted by Crippen LogP contribution is 2.28. The largest absolute Gasteiger partial charge is 0.294 e. The minimum atomic E-state index is -0.100. The standard InChI is InChI=1S/C16H13ClN2OS/c1-11-13(10-19-14(17)8-5-9-15(19)20)21-16(18-11)12-6-3-2-4-7-12/h2-9H,10H2,1H3. The predicted molar refractivity (Wildman–Crippen MR) is 87.1 cm³/mol. The number of hydrogen-bond acceptors (Lipinski definition) is 3. The van der Waals surface area contributed by atoms with Crippen LogP contribution in [-0.4, -0.2) is 9.55 Å². The molecule has 2 heterocycles. The van der Waals surface area contributed by atoms with Crippen LogP contribution < -0.4 is 5.56 Å². The number of aromatic nitrogens is 2. The van der Waals surface area contributed by atoms with Crippen molar-refractivity contribution in [3.8, 4) is 10.6 Å². The lowest BCUT2D eigenvalue weighted by molar-refractivity contribution is 0.765. The number of hydrogen-bond donors (Lipinski definition) is 0. The molecular weight excluding hydrogens is 304 g/mol. The van der Waals surface area contributed by atoms with Gasteiger partial charge in [-0.2, -0.15) is 0 Å². The quantitative estimate of drug-likeness (QED) is 0.685. The van der Waals surface area contributed by atoms with Gasteiger partial charge in [-0.3, -0.25) is 9.36 Å². The van der Waals surface area contributed by atoms with E-state index in [-0.39, 0.29) is 5.56 Å². The third-order valence-electron chi connectivity index (χ3n) is 3.21. The summed E-state index contributed by atoms with van der Waals surface area (Å²) in [5.41, 5.74) is 1.92. The molecule has 0 aliphatic heterocycles. The molecule has 0 unspecified atom stereocenters. The third-order valence-corrected chi connectivity index (χ3v) is 4.73. The number of rotatable bonds is 3. The lowest BCUT2D eigenvalue weighted by atomic mass is 10.2. The first kappa shape index (κ1) is 14.0. The van der Waals surface area contributed by atoms with Gasteiger partial charge < -0.3 is 0 Å². The molecule has 0 amide bonds. The van der Waals surface area contributed by atoms with Crippen LogP contribution in [0.2, 0.25) is 5.15 Å². The monoisotopic (exact) mass is 316 g/mol. The SMILES string of the molecule is Cc1nc(-c2ccccc2)sc1Cn1c(Cl)cccc1=O. The highest BCUT2D eigenvalue weighted by Gasteiger charge is 2.11. The van der Waals surface area contributed by atoms with E-state index >= 15 is 0 Å². The van der Waals surface area contributed by atoms with Gasteiger partial charge in [0.15, 0.2) is 0 Å². The van der Waals surface area contributed by atoms with Gasteiger partial charge in [0, 0.05) is 16.5 Å². The second kappa shape index (κ2) is 5.84. The van der Waals surface area contributed by atoms with Gasteiger partial charge in [-0.15, -0.1) is 11.3 Å². The molecule has 5 heteroatoms. The zero-order valence-corrected chi connectivity index (χ0v) is 13.0. The maximum atomic E-state index is 11.9. The van der Waals surface area contributed by atoms with Gasteiger partial charge in [0.1, 0.15) is 10.2 Å². The Kier molecular flexibility index (Phi) is 3.90. The summed E-state index contributed by atoms with van der Waals surface area (Å²) in [7, 11) is 0. The molecule has 3 nitrogen and oxygen atoms in total. The van der Waals surface area contributed by atoms with Gasteiger partial charge in [-0.05, 0) is 13.0 Å². The van der Waals surface area contributed by atoms with Crippen LogP contribution in [0, 0.1) is 6.92 Å². The van der Waals surface area contributed by atoms with Crippen LogP contribution in [-0.2, 0) is 6.54 Å². The Morgan fingerprint density at radius 2 is 1.90 bits per heavy atom. The molecule has 0 N–H and O–H groups in total. The third kappa shape index (κ3) is 2.91. The van der Waals surface area contributed by atoms with Crippen molar-refractivity contribution in [2.24, 2.45) is 0 Å². The number of aryl methyl sites for hydroxylation is 1. The molecule has 1 aromatic carbocycles. The molecule has 3 rings (SSSR count). The Balaban J connectivity index is 1.98. The highest BCUT2D eigenvalue weighted by molar-refractivity contribution is 7.15. The lowest BCUT2D eigenvalue weighted by Crippen LogP contribution is -2.19. The molecular formula is C16H13ClN2OS. The summed E-state index contributed by atoms with van der Waals surface area (Å²) in [4.78, 5) is 17.5. The van der Waals surface area contributed by atoms with Gasteiger partial charge in [0.2, 0.25) is 0 Å². The lowest BCUT2D eigenvalue weighted by Gasteiger charge is -2.06. The minimum Gasteiger partial charge on any atom is -0.294 e. The van der Waals surface area contributed by atoms with Crippen molar-refractivity contribution >= 4 is 22.9 Å². The molecule has 0 radical (unpaired) electrons. The van der Waals surface area contributed by atoms with Crippen LogP contribution in [0.25, 0.3) is 10.6 Å². The molecule has 3 aromatic rings. The van der Waals surface area contributed by atoms with Gasteiger partial charge in [0.25, 0.3) is 5.56 Å². The van der Waals surface area contributed by atoms with Gasteiger partial charge in [-0.1, -0.05) is 48.0 Å². The molecule has 0 saturated carbocycles. The second-order valence-corrected chi connectivity index (χ2v) is 6.14. The van der Waals surface area contributed by atoms with Crippen molar-refractivity contribution in [1.29, 1.82) is 0 Å². The van der Waals surface area contributed by atoms with E-state index in [2.05, 4.69) is 4.98 Å². The summed E-state index contributed by atoms with van der Waals surface area (Å²) in [6.45, 7) is 2.41. The fraction of sp³-hybridized carbons (Fsp3) is 0.125. The molecule has 0 fully saturated rings. The summed E-state index contributed by atoms with van der Waals surface area (Å²) in [5.74, 6) is 0. The van der Waals surface area contributed by atoms with E-state index < -0.39 is 0 Å². The Labute approximate surface area is 131 Å². The van der Waals surface area contributed by atoms with E-state index in [0.29, 0.717) is 11.7 Å². The average molecular weight is 317 g/mol. The van der Waals surface area contributed by atoms with Crippen molar-refractivity contribution in [1.82, 2.24) is 9.55 Å². The summed E-state index contributed by atoms with van der Waals surface area (Å²) >= 11 is 7.70. The Hall–Kier alpha value is -1.91. The minimum absolute atomic E-state index is 0.100. The summed E-state index contributed by atoms with van der Waals surface area (Å²) in [5, 5.41) is 1.40. The van der Waals surface area contributed by atoms with E-state index in [1.165, 1.54) is 6.07 Å². The fourth-order valence-corrected chi connectivity index (χ4v) is 3.34. The number of halogens is 1. The van der Waals surface area contributed by atoms with Gasteiger partial charge in [-0.25, -0.2) is 4.98 Å². The highest BCUT2D eigenvalue weighted by atomic mass is 35.5. The van der Waals surface area contributed by atoms with Gasteiger partial charge >= 0.3 is 0 Å². The molecule has 0 spiro atoms. The fourth-order valence-electron chi connectivity index (χ4n) is 2.07. The molecule has 2 aromatic heterocycles. The van der Waals surface area contributed by atoms with Crippen LogP contribution in [0.5, 0.6) is 0 Å². The predicted octanol–water partition coefficient (Wildman–Crippen LogP) is 3.98. The van der Waals surface area contributed by atoms with Crippen LogP contribution in [0.15, 0.2) is 53.3 Å². The Morgan fingerprint density at radius 3 is 2.62 bits per heavy atom. The number of thiazole rings is 1. The zero-order valence-electron chi connectivity index (χ0n) is 11.4. The Morgan fingerprint density at radius 1 is 1.14 bits per heavy atom. The number of nitrogens with zero attached hydrogens (tertiary/aromatic N) is 2. The maximum absolute atomic E-state index is 11.9. The van der Waals surface area contributed by atoms with E-state index in [0.717, 1.165) is 21.1 Å². The van der Waals surface area contributed by atoms with Crippen molar-refractivity contribution in [3.63, 3.8) is 0 Å². The molecule has 0 aliphatic rings. The van der Waals surface area contributed by atoms with E-state index in [1.54, 1.807) is 28.0 Å².